The fourth-order valence-electron chi connectivity index (χ4n) is 1.51. The summed E-state index contributed by atoms with van der Waals surface area (Å²) in [7, 11) is 0. The van der Waals surface area contributed by atoms with Gasteiger partial charge in [0.2, 0.25) is 12.4 Å². The molecule has 134 valence electrons. The van der Waals surface area contributed by atoms with E-state index in [-0.39, 0.29) is 22.6 Å². The minimum atomic E-state index is -1.33. The van der Waals surface area contributed by atoms with Crippen LogP contribution in [0, 0.1) is 0 Å². The molecule has 2 heterocycles. The van der Waals surface area contributed by atoms with E-state index in [9.17, 15) is 19.8 Å². The number of aromatic nitrogens is 2. The quantitative estimate of drug-likeness (QED) is 0.590. The number of nitrogens with one attached hydrogen (secondary N) is 2. The molecule has 0 radical (unpaired) electrons. The maximum Gasteiger partial charge on any atom is 0.209 e. The third kappa shape index (κ3) is 8.06. The van der Waals surface area contributed by atoms with E-state index in [0.717, 1.165) is 24.3 Å². The highest BCUT2D eigenvalue weighted by Gasteiger charge is 1.94. The molecule has 2 aromatic heterocycles. The zero-order valence-corrected chi connectivity index (χ0v) is 13.5. The van der Waals surface area contributed by atoms with Gasteiger partial charge in [-0.3, -0.25) is 0 Å². The van der Waals surface area contributed by atoms with Crippen LogP contribution >= 0.6 is 0 Å². The van der Waals surface area contributed by atoms with Crippen molar-refractivity contribution in [2.75, 3.05) is 0 Å². The zero-order valence-electron chi connectivity index (χ0n) is 13.5. The number of hydrogen-bond acceptors (Lipinski definition) is 6. The molecule has 0 amide bonds. The molecule has 0 unspecified atom stereocenters. The van der Waals surface area contributed by atoms with Crippen LogP contribution in [0.15, 0.2) is 73.3 Å². The molecule has 8 heteroatoms. The Bertz CT molecular complexity index is 738. The standard InChI is InChI=1S/C8H6O4.2C5H5NO/c9-7(10)5-1-2-6(4-3-5)8(11)12;2*7-5-2-1-3-6-4-5/h1-4H,(H,9,10)(H,11,12);2*1-4,7H. The Morgan fingerprint density at radius 3 is 1.19 bits per heavy atom. The topological polar surface area (TPSA) is 149 Å². The summed E-state index contributed by atoms with van der Waals surface area (Å²) in [6, 6.07) is 11.3. The van der Waals surface area contributed by atoms with Crippen molar-refractivity contribution in [2.45, 2.75) is 0 Å². The first-order chi connectivity index (χ1) is 12.4. The van der Waals surface area contributed by atoms with E-state index in [4.69, 9.17) is 10.2 Å². The molecule has 0 fully saturated rings. The predicted molar refractivity (Wildman–Crippen MR) is 84.4 cm³/mol. The number of carboxylic acids is 2. The molecule has 26 heavy (non-hydrogen) atoms. The van der Waals surface area contributed by atoms with Crippen LogP contribution in [0.3, 0.4) is 0 Å². The van der Waals surface area contributed by atoms with Crippen LogP contribution in [0.2, 0.25) is 0 Å². The van der Waals surface area contributed by atoms with Gasteiger partial charge in [0.25, 0.3) is 0 Å². The van der Waals surface area contributed by atoms with Crippen molar-refractivity contribution >= 4 is 11.9 Å². The Kier molecular flexibility index (Phi) is 8.32. The maximum atomic E-state index is 10.2. The third-order valence-corrected chi connectivity index (χ3v) is 2.74. The Labute approximate surface area is 148 Å². The lowest BCUT2D eigenvalue weighted by Crippen LogP contribution is -2.24. The number of pyridine rings is 2. The van der Waals surface area contributed by atoms with Gasteiger partial charge in [0.15, 0.2) is 23.9 Å². The highest BCUT2D eigenvalue weighted by atomic mass is 16.4. The van der Waals surface area contributed by atoms with Crippen molar-refractivity contribution in [1.29, 1.82) is 0 Å². The molecule has 0 aliphatic rings. The second-order valence-electron chi connectivity index (χ2n) is 4.68. The lowest BCUT2D eigenvalue weighted by atomic mass is 10.1. The fraction of sp³-hybridized carbons (Fsp3) is 0. The molecule has 0 saturated carbocycles. The van der Waals surface area contributed by atoms with E-state index < -0.39 is 11.9 Å². The summed E-state index contributed by atoms with van der Waals surface area (Å²) in [4.78, 5) is 25.8. The van der Waals surface area contributed by atoms with E-state index in [1.165, 1.54) is 12.4 Å². The largest absolute Gasteiger partial charge is 0.545 e. The number of aromatic amines is 2. The van der Waals surface area contributed by atoms with Crippen LogP contribution in [-0.4, -0.2) is 22.2 Å². The van der Waals surface area contributed by atoms with Crippen molar-refractivity contribution in [3.05, 3.63) is 84.4 Å². The van der Waals surface area contributed by atoms with Crippen molar-refractivity contribution in [3.8, 4) is 11.5 Å². The molecule has 0 aliphatic heterocycles. The molecule has 1 aromatic carbocycles. The first-order valence-corrected chi connectivity index (χ1v) is 7.23. The lowest BCUT2D eigenvalue weighted by Gasteiger charge is -2.04. The molecule has 0 saturated heterocycles. The Hall–Kier alpha value is -3.94. The Morgan fingerprint density at radius 2 is 1.04 bits per heavy atom. The number of aromatic carboxylic acids is 2. The van der Waals surface area contributed by atoms with Gasteiger partial charge in [0.05, 0.1) is 11.9 Å². The first kappa shape index (κ1) is 20.1. The minimum absolute atomic E-state index is 0.0556. The maximum absolute atomic E-state index is 10.2. The normalized spacial score (nSPS) is 8.92. The van der Waals surface area contributed by atoms with E-state index in [0.29, 0.717) is 0 Å². The smallest absolute Gasteiger partial charge is 0.209 e. The molecule has 0 bridgehead atoms. The number of carboxylic acid groups (broad SMARTS) is 2. The Morgan fingerprint density at radius 1 is 0.692 bits per heavy atom. The van der Waals surface area contributed by atoms with Crippen LogP contribution in [0.25, 0.3) is 0 Å². The number of carbonyl (C=O) groups excluding carboxylic acids is 2. The van der Waals surface area contributed by atoms with Crippen LogP contribution in [0.5, 0.6) is 11.5 Å². The molecular weight excluding hydrogens is 340 g/mol. The molecule has 0 aliphatic carbocycles. The van der Waals surface area contributed by atoms with Gasteiger partial charge in [0.1, 0.15) is 0 Å². The number of rotatable bonds is 2. The van der Waals surface area contributed by atoms with Crippen LogP contribution in [0.1, 0.15) is 20.7 Å². The second-order valence-corrected chi connectivity index (χ2v) is 4.68. The summed E-state index contributed by atoms with van der Waals surface area (Å²) in [5, 5.41) is 37.6. The summed E-state index contributed by atoms with van der Waals surface area (Å²) >= 11 is 0. The van der Waals surface area contributed by atoms with Crippen LogP contribution in [0.4, 0.5) is 0 Å². The molecule has 4 N–H and O–H groups in total. The summed E-state index contributed by atoms with van der Waals surface area (Å²) in [5.41, 5.74) is -0.111. The van der Waals surface area contributed by atoms with E-state index >= 15 is 0 Å². The zero-order chi connectivity index (χ0) is 19.4. The molecule has 3 rings (SSSR count). The van der Waals surface area contributed by atoms with Crippen LogP contribution in [-0.2, 0) is 0 Å². The molecule has 0 spiro atoms. The van der Waals surface area contributed by atoms with E-state index in [1.807, 2.05) is 0 Å². The van der Waals surface area contributed by atoms with Gasteiger partial charge in [0, 0.05) is 12.1 Å². The highest BCUT2D eigenvalue weighted by molar-refractivity contribution is 5.89. The number of benzene rings is 1. The van der Waals surface area contributed by atoms with Gasteiger partial charge in [-0.25, -0.2) is 9.97 Å². The first-order valence-electron chi connectivity index (χ1n) is 7.23. The number of hydrogen-bond donors (Lipinski definition) is 2. The summed E-state index contributed by atoms with van der Waals surface area (Å²) in [6.07, 6.45) is 6.50. The van der Waals surface area contributed by atoms with Crippen molar-refractivity contribution in [3.63, 3.8) is 0 Å². The summed E-state index contributed by atoms with van der Waals surface area (Å²) < 4.78 is 0. The monoisotopic (exact) mass is 356 g/mol. The Balaban J connectivity index is 0.000000207. The van der Waals surface area contributed by atoms with Gasteiger partial charge in [-0.05, 0) is 23.3 Å². The minimum Gasteiger partial charge on any atom is -0.545 e. The molecule has 8 nitrogen and oxygen atoms in total. The summed E-state index contributed by atoms with van der Waals surface area (Å²) in [6.45, 7) is 0. The van der Waals surface area contributed by atoms with Gasteiger partial charge in [-0.2, -0.15) is 0 Å². The van der Waals surface area contributed by atoms with Gasteiger partial charge >= 0.3 is 0 Å². The average Bonchev–Trinajstić information content (AvgIpc) is 2.64. The van der Waals surface area contributed by atoms with Gasteiger partial charge < -0.3 is 30.0 Å². The van der Waals surface area contributed by atoms with E-state index in [2.05, 4.69) is 9.97 Å². The van der Waals surface area contributed by atoms with E-state index in [1.54, 1.807) is 36.7 Å². The van der Waals surface area contributed by atoms with Crippen LogP contribution < -0.4 is 20.2 Å². The second kappa shape index (κ2) is 10.8. The van der Waals surface area contributed by atoms with Crippen molar-refractivity contribution in [2.24, 2.45) is 0 Å². The molecular formula is C18H16N2O6. The molecule has 0 atom stereocenters. The predicted octanol–water partition coefficient (Wildman–Crippen LogP) is -1.17. The van der Waals surface area contributed by atoms with Gasteiger partial charge in [-0.15, -0.1) is 0 Å². The number of H-pyrrole nitrogens is 2. The number of aromatic hydroxyl groups is 2. The van der Waals surface area contributed by atoms with Crippen molar-refractivity contribution in [1.82, 2.24) is 0 Å². The highest BCUT2D eigenvalue weighted by Crippen LogP contribution is 2.02. The SMILES string of the molecule is O=C([O-])c1ccc(C(=O)[O-])cc1.Oc1ccc[nH+]c1.Oc1ccc[nH+]c1. The van der Waals surface area contributed by atoms with Crippen molar-refractivity contribution < 1.29 is 40.0 Å². The third-order valence-electron chi connectivity index (χ3n) is 2.74. The fourth-order valence-corrected chi connectivity index (χ4v) is 1.51. The van der Waals surface area contributed by atoms with Gasteiger partial charge in [-0.1, -0.05) is 24.3 Å². The average molecular weight is 356 g/mol. The lowest BCUT2D eigenvalue weighted by molar-refractivity contribution is -0.379. The molecule has 3 aromatic rings. The number of carbonyl (C=O) groups is 2. The summed E-state index contributed by atoms with van der Waals surface area (Å²) in [5.74, 6) is -2.13.